The van der Waals surface area contributed by atoms with Crippen molar-refractivity contribution in [2.45, 2.75) is 12.0 Å². The van der Waals surface area contributed by atoms with Crippen LogP contribution in [0.5, 0.6) is 0 Å². The van der Waals surface area contributed by atoms with Crippen molar-refractivity contribution in [3.05, 3.63) is 35.9 Å². The van der Waals surface area contributed by atoms with Crippen molar-refractivity contribution in [3.8, 4) is 0 Å². The van der Waals surface area contributed by atoms with Gasteiger partial charge >= 0.3 is 5.97 Å². The summed E-state index contributed by atoms with van der Waals surface area (Å²) in [5.74, 6) is -0.527. The molecule has 0 saturated carbocycles. The first-order chi connectivity index (χ1) is 8.33. The molecule has 0 aromatic heterocycles. The molecule has 2 rings (SSSR count). The maximum Gasteiger partial charge on any atom is 0.314 e. The topological polar surface area (TPSA) is 47.6 Å². The molecule has 2 unspecified atom stereocenters. The molecule has 17 heavy (non-hydrogen) atoms. The van der Waals surface area contributed by atoms with E-state index in [0.717, 1.165) is 12.1 Å². The lowest BCUT2D eigenvalue weighted by atomic mass is 9.91. The third kappa shape index (κ3) is 2.84. The molecule has 1 saturated heterocycles. The van der Waals surface area contributed by atoms with E-state index in [1.807, 2.05) is 30.3 Å². The van der Waals surface area contributed by atoms with Crippen molar-refractivity contribution in [1.29, 1.82) is 0 Å². The first kappa shape index (κ1) is 12.1. The molecular formula is C13H17NO3. The van der Waals surface area contributed by atoms with Gasteiger partial charge in [0.1, 0.15) is 0 Å². The number of hydrogen-bond donors (Lipinski definition) is 1. The molecule has 4 nitrogen and oxygen atoms in total. The smallest absolute Gasteiger partial charge is 0.314 e. The highest BCUT2D eigenvalue weighted by molar-refractivity contribution is 5.79. The van der Waals surface area contributed by atoms with Gasteiger partial charge in [-0.3, -0.25) is 4.79 Å². The number of hydrogen-bond acceptors (Lipinski definition) is 4. The molecule has 4 heteroatoms. The van der Waals surface area contributed by atoms with Crippen molar-refractivity contribution in [3.63, 3.8) is 0 Å². The maximum absolute atomic E-state index is 11.9. The highest BCUT2D eigenvalue weighted by atomic mass is 16.5. The van der Waals surface area contributed by atoms with E-state index < -0.39 is 0 Å². The van der Waals surface area contributed by atoms with Crippen LogP contribution in [0.15, 0.2) is 30.3 Å². The van der Waals surface area contributed by atoms with Gasteiger partial charge in [0.25, 0.3) is 0 Å². The normalized spacial score (nSPS) is 21.8. The summed E-state index contributed by atoms with van der Waals surface area (Å²) in [5.41, 5.74) is 0.961. The van der Waals surface area contributed by atoms with E-state index in [1.165, 1.54) is 7.11 Å². The lowest BCUT2D eigenvalue weighted by molar-refractivity contribution is -0.144. The molecule has 1 aliphatic heterocycles. The van der Waals surface area contributed by atoms with Crippen molar-refractivity contribution in [1.82, 2.24) is 5.32 Å². The van der Waals surface area contributed by atoms with Crippen molar-refractivity contribution >= 4 is 5.97 Å². The summed E-state index contributed by atoms with van der Waals surface area (Å²) in [4.78, 5) is 11.9. The van der Waals surface area contributed by atoms with Crippen LogP contribution in [-0.4, -0.2) is 38.9 Å². The number of esters is 1. The number of morpholine rings is 1. The predicted molar refractivity (Wildman–Crippen MR) is 63.8 cm³/mol. The van der Waals surface area contributed by atoms with E-state index in [4.69, 9.17) is 9.47 Å². The van der Waals surface area contributed by atoms with Gasteiger partial charge in [-0.25, -0.2) is 0 Å². The van der Waals surface area contributed by atoms with Crippen molar-refractivity contribution in [2.24, 2.45) is 0 Å². The Kier molecular flexibility index (Phi) is 4.12. The Labute approximate surface area is 101 Å². The summed E-state index contributed by atoms with van der Waals surface area (Å²) in [5, 5.41) is 3.31. The monoisotopic (exact) mass is 235 g/mol. The van der Waals surface area contributed by atoms with Gasteiger partial charge in [-0.1, -0.05) is 30.3 Å². The number of ether oxygens (including phenoxy) is 2. The Balaban J connectivity index is 2.21. The minimum absolute atomic E-state index is 0.0152. The highest BCUT2D eigenvalue weighted by Gasteiger charge is 2.31. The number of carbonyl (C=O) groups is 1. The molecule has 1 aromatic carbocycles. The van der Waals surface area contributed by atoms with Crippen LogP contribution < -0.4 is 5.32 Å². The van der Waals surface area contributed by atoms with Crippen molar-refractivity contribution < 1.29 is 14.3 Å². The maximum atomic E-state index is 11.9. The van der Waals surface area contributed by atoms with E-state index in [-0.39, 0.29) is 17.9 Å². The van der Waals surface area contributed by atoms with Crippen LogP contribution in [0.25, 0.3) is 0 Å². The highest BCUT2D eigenvalue weighted by Crippen LogP contribution is 2.22. The minimum atomic E-state index is -0.304. The Morgan fingerprint density at radius 3 is 2.82 bits per heavy atom. The van der Waals surface area contributed by atoms with Crippen LogP contribution >= 0.6 is 0 Å². The van der Waals surface area contributed by atoms with Crippen LogP contribution in [-0.2, 0) is 14.3 Å². The zero-order chi connectivity index (χ0) is 12.1. The van der Waals surface area contributed by atoms with Gasteiger partial charge < -0.3 is 14.8 Å². The van der Waals surface area contributed by atoms with Crippen LogP contribution in [0.2, 0.25) is 0 Å². The number of carbonyl (C=O) groups excluding carboxylic acids is 1. The van der Waals surface area contributed by atoms with Crippen molar-refractivity contribution in [2.75, 3.05) is 26.9 Å². The fraction of sp³-hybridized carbons (Fsp3) is 0.462. The van der Waals surface area contributed by atoms with E-state index in [0.29, 0.717) is 13.2 Å². The average molecular weight is 235 g/mol. The Morgan fingerprint density at radius 2 is 2.24 bits per heavy atom. The van der Waals surface area contributed by atoms with E-state index in [9.17, 15) is 4.79 Å². The van der Waals surface area contributed by atoms with Gasteiger partial charge in [-0.05, 0) is 5.56 Å². The van der Waals surface area contributed by atoms with Crippen LogP contribution in [0.1, 0.15) is 11.5 Å². The summed E-state index contributed by atoms with van der Waals surface area (Å²) in [7, 11) is 1.42. The van der Waals surface area contributed by atoms with Crippen LogP contribution in [0, 0.1) is 0 Å². The summed E-state index contributed by atoms with van der Waals surface area (Å²) in [6.45, 7) is 2.00. The molecule has 0 aliphatic carbocycles. The fourth-order valence-corrected chi connectivity index (χ4v) is 2.12. The predicted octanol–water partition coefficient (Wildman–Crippen LogP) is 0.932. The molecule has 0 amide bonds. The second kappa shape index (κ2) is 5.80. The molecule has 0 radical (unpaired) electrons. The fourth-order valence-electron chi connectivity index (χ4n) is 2.12. The molecule has 2 atom stereocenters. The second-order valence-electron chi connectivity index (χ2n) is 4.05. The first-order valence-corrected chi connectivity index (χ1v) is 5.77. The molecule has 1 N–H and O–H groups in total. The second-order valence-corrected chi connectivity index (χ2v) is 4.05. The molecule has 1 aliphatic rings. The lowest BCUT2D eigenvalue weighted by Crippen LogP contribution is -2.47. The van der Waals surface area contributed by atoms with Crippen LogP contribution in [0.4, 0.5) is 0 Å². The minimum Gasteiger partial charge on any atom is -0.469 e. The lowest BCUT2D eigenvalue weighted by Gasteiger charge is -2.29. The molecule has 1 aromatic rings. The quantitative estimate of drug-likeness (QED) is 0.792. The number of benzene rings is 1. The molecule has 1 fully saturated rings. The SMILES string of the molecule is COC(=O)C(c1ccccc1)C1COCCN1. The number of rotatable bonds is 3. The summed E-state index contributed by atoms with van der Waals surface area (Å²) < 4.78 is 10.3. The molecular weight excluding hydrogens is 218 g/mol. The molecule has 92 valence electrons. The van der Waals surface area contributed by atoms with Gasteiger partial charge in [0.2, 0.25) is 0 Å². The molecule has 0 bridgehead atoms. The number of methoxy groups -OCH3 is 1. The van der Waals surface area contributed by atoms with Gasteiger partial charge in [-0.2, -0.15) is 0 Å². The van der Waals surface area contributed by atoms with Gasteiger partial charge in [0, 0.05) is 12.6 Å². The van der Waals surface area contributed by atoms with Gasteiger partial charge in [0.15, 0.2) is 0 Å². The Hall–Kier alpha value is -1.39. The standard InChI is InChI=1S/C13H17NO3/c1-16-13(15)12(10-5-3-2-4-6-10)11-9-17-8-7-14-11/h2-6,11-12,14H,7-9H2,1H3. The molecule has 1 heterocycles. The zero-order valence-corrected chi connectivity index (χ0v) is 9.89. The average Bonchev–Trinajstić information content (AvgIpc) is 2.41. The van der Waals surface area contributed by atoms with Gasteiger partial charge in [0.05, 0.1) is 26.2 Å². The largest absolute Gasteiger partial charge is 0.469 e. The number of nitrogens with one attached hydrogen (secondary N) is 1. The first-order valence-electron chi connectivity index (χ1n) is 5.77. The molecule has 0 spiro atoms. The van der Waals surface area contributed by atoms with Crippen LogP contribution in [0.3, 0.4) is 0 Å². The van der Waals surface area contributed by atoms with E-state index in [1.54, 1.807) is 0 Å². The zero-order valence-electron chi connectivity index (χ0n) is 9.89. The summed E-state index contributed by atoms with van der Waals surface area (Å²) >= 11 is 0. The summed E-state index contributed by atoms with van der Waals surface area (Å²) in [6, 6.07) is 9.65. The third-order valence-corrected chi connectivity index (χ3v) is 2.97. The van der Waals surface area contributed by atoms with E-state index in [2.05, 4.69) is 5.32 Å². The third-order valence-electron chi connectivity index (χ3n) is 2.97. The summed E-state index contributed by atoms with van der Waals surface area (Å²) in [6.07, 6.45) is 0. The van der Waals surface area contributed by atoms with E-state index >= 15 is 0 Å². The van der Waals surface area contributed by atoms with Gasteiger partial charge in [-0.15, -0.1) is 0 Å². The Bertz CT molecular complexity index is 360. The Morgan fingerprint density at radius 1 is 1.47 bits per heavy atom.